The molecule has 6 rings (SSSR count). The lowest BCUT2D eigenvalue weighted by Crippen LogP contribution is -2.48. The largest absolute Gasteiger partial charge is 0.496 e. The molecular formula is C26H31NO3. The first-order valence-electron chi connectivity index (χ1n) is 11.2. The molecule has 4 aliphatic carbocycles. The molecule has 0 radical (unpaired) electrons. The van der Waals surface area contributed by atoms with Gasteiger partial charge in [0.1, 0.15) is 5.75 Å². The second-order valence-electron chi connectivity index (χ2n) is 9.87. The van der Waals surface area contributed by atoms with Crippen LogP contribution in [0.5, 0.6) is 5.75 Å². The molecule has 0 aromatic heterocycles. The minimum Gasteiger partial charge on any atom is -0.496 e. The van der Waals surface area contributed by atoms with Gasteiger partial charge in [-0.3, -0.25) is 4.79 Å². The number of benzene rings is 2. The van der Waals surface area contributed by atoms with Gasteiger partial charge in [-0.15, -0.1) is 0 Å². The highest BCUT2D eigenvalue weighted by molar-refractivity contribution is 6.04. The number of aliphatic hydroxyl groups excluding tert-OH is 1. The Hall–Kier alpha value is -2.33. The van der Waals surface area contributed by atoms with Crippen molar-refractivity contribution in [2.45, 2.75) is 57.0 Å². The van der Waals surface area contributed by atoms with Crippen LogP contribution in [-0.2, 0) is 5.41 Å². The minimum absolute atomic E-state index is 0.103. The molecule has 0 spiro atoms. The van der Waals surface area contributed by atoms with E-state index in [9.17, 15) is 9.90 Å². The van der Waals surface area contributed by atoms with Crippen molar-refractivity contribution in [2.24, 2.45) is 17.8 Å². The molecule has 30 heavy (non-hydrogen) atoms. The molecule has 2 aromatic rings. The third-order valence-electron chi connectivity index (χ3n) is 7.72. The third kappa shape index (κ3) is 3.41. The summed E-state index contributed by atoms with van der Waals surface area (Å²) in [6.45, 7) is 1.73. The summed E-state index contributed by atoms with van der Waals surface area (Å²) >= 11 is 0. The van der Waals surface area contributed by atoms with Crippen molar-refractivity contribution in [3.63, 3.8) is 0 Å². The maximum atomic E-state index is 13.0. The molecule has 0 saturated heterocycles. The SMILES string of the molecule is COc1ccc(C(=O)Nc2ccc(C(C)O)cc2)cc1C12CC3CC(CC(C3)C1)C2. The van der Waals surface area contributed by atoms with Crippen molar-refractivity contribution in [1.29, 1.82) is 0 Å². The number of carbonyl (C=O) groups excluding carboxylic acids is 1. The number of rotatable bonds is 5. The summed E-state index contributed by atoms with van der Waals surface area (Å²) in [6, 6.07) is 13.3. The quantitative estimate of drug-likeness (QED) is 0.694. The van der Waals surface area contributed by atoms with Crippen molar-refractivity contribution in [3.8, 4) is 5.75 Å². The summed E-state index contributed by atoms with van der Waals surface area (Å²) in [5.41, 5.74) is 3.66. The number of methoxy groups -OCH3 is 1. The highest BCUT2D eigenvalue weighted by Crippen LogP contribution is 2.61. The topological polar surface area (TPSA) is 58.6 Å². The molecule has 2 aromatic carbocycles. The van der Waals surface area contributed by atoms with E-state index < -0.39 is 6.10 Å². The maximum absolute atomic E-state index is 13.0. The number of aliphatic hydroxyl groups is 1. The van der Waals surface area contributed by atoms with Crippen LogP contribution in [0.25, 0.3) is 0 Å². The number of ether oxygens (including phenoxy) is 1. The second kappa shape index (κ2) is 7.42. The van der Waals surface area contributed by atoms with Gasteiger partial charge in [0.25, 0.3) is 5.91 Å². The average molecular weight is 406 g/mol. The molecule has 4 aliphatic rings. The van der Waals surface area contributed by atoms with Crippen LogP contribution in [0.15, 0.2) is 42.5 Å². The van der Waals surface area contributed by atoms with Gasteiger partial charge in [0.15, 0.2) is 0 Å². The Balaban J connectivity index is 1.42. The molecule has 4 bridgehead atoms. The van der Waals surface area contributed by atoms with Crippen LogP contribution in [0.1, 0.15) is 73.0 Å². The number of hydrogen-bond donors (Lipinski definition) is 2. The van der Waals surface area contributed by atoms with Crippen LogP contribution in [0, 0.1) is 17.8 Å². The number of hydrogen-bond acceptors (Lipinski definition) is 3. The van der Waals surface area contributed by atoms with Gasteiger partial charge in [0.2, 0.25) is 0 Å². The molecule has 0 heterocycles. The Morgan fingerprint density at radius 3 is 2.17 bits per heavy atom. The molecule has 1 unspecified atom stereocenters. The van der Waals surface area contributed by atoms with E-state index >= 15 is 0 Å². The summed E-state index contributed by atoms with van der Waals surface area (Å²) in [6.07, 6.45) is 7.38. The van der Waals surface area contributed by atoms with Gasteiger partial charge in [-0.1, -0.05) is 12.1 Å². The van der Waals surface area contributed by atoms with Crippen LogP contribution in [0.4, 0.5) is 5.69 Å². The predicted octanol–water partition coefficient (Wildman–Crippen LogP) is 5.47. The Labute approximate surface area is 178 Å². The molecule has 4 fully saturated rings. The summed E-state index contributed by atoms with van der Waals surface area (Å²) in [5.74, 6) is 3.34. The van der Waals surface area contributed by atoms with E-state index in [0.29, 0.717) is 5.56 Å². The van der Waals surface area contributed by atoms with Crippen LogP contribution < -0.4 is 10.1 Å². The first-order valence-corrected chi connectivity index (χ1v) is 11.2. The lowest BCUT2D eigenvalue weighted by atomic mass is 9.48. The summed E-state index contributed by atoms with van der Waals surface area (Å²) in [7, 11) is 1.74. The van der Waals surface area contributed by atoms with Crippen LogP contribution in [0.2, 0.25) is 0 Å². The van der Waals surface area contributed by atoms with Crippen LogP contribution in [0.3, 0.4) is 0 Å². The highest BCUT2D eigenvalue weighted by Gasteiger charge is 2.52. The van der Waals surface area contributed by atoms with E-state index in [1.165, 1.54) is 44.1 Å². The van der Waals surface area contributed by atoms with Crippen molar-refractivity contribution in [1.82, 2.24) is 0 Å². The van der Waals surface area contributed by atoms with Gasteiger partial charge in [-0.25, -0.2) is 0 Å². The lowest BCUT2D eigenvalue weighted by Gasteiger charge is -2.57. The Morgan fingerprint density at radius 1 is 1.03 bits per heavy atom. The lowest BCUT2D eigenvalue weighted by molar-refractivity contribution is -0.00617. The van der Waals surface area contributed by atoms with Gasteiger partial charge in [-0.2, -0.15) is 0 Å². The summed E-state index contributed by atoms with van der Waals surface area (Å²) < 4.78 is 5.77. The second-order valence-corrected chi connectivity index (χ2v) is 9.87. The molecule has 0 aliphatic heterocycles. The third-order valence-corrected chi connectivity index (χ3v) is 7.72. The molecule has 2 N–H and O–H groups in total. The monoisotopic (exact) mass is 405 g/mol. The van der Waals surface area contributed by atoms with Crippen LogP contribution >= 0.6 is 0 Å². The van der Waals surface area contributed by atoms with Crippen molar-refractivity contribution >= 4 is 11.6 Å². The predicted molar refractivity (Wildman–Crippen MR) is 118 cm³/mol. The van der Waals surface area contributed by atoms with E-state index in [0.717, 1.165) is 34.8 Å². The number of nitrogens with one attached hydrogen (secondary N) is 1. The Morgan fingerprint density at radius 2 is 1.63 bits per heavy atom. The molecule has 4 heteroatoms. The van der Waals surface area contributed by atoms with Crippen molar-refractivity contribution in [3.05, 3.63) is 59.2 Å². The Bertz CT molecular complexity index is 912. The summed E-state index contributed by atoms with van der Waals surface area (Å²) in [4.78, 5) is 13.0. The van der Waals surface area contributed by atoms with Gasteiger partial charge >= 0.3 is 0 Å². The van der Waals surface area contributed by atoms with E-state index in [-0.39, 0.29) is 11.3 Å². The van der Waals surface area contributed by atoms with E-state index in [1.807, 2.05) is 36.4 Å². The molecule has 1 amide bonds. The zero-order chi connectivity index (χ0) is 20.9. The number of carbonyl (C=O) groups is 1. The first-order chi connectivity index (χ1) is 14.5. The highest BCUT2D eigenvalue weighted by atomic mass is 16.5. The van der Waals surface area contributed by atoms with Gasteiger partial charge in [-0.05, 0) is 105 Å². The number of anilines is 1. The molecule has 4 nitrogen and oxygen atoms in total. The fourth-order valence-electron chi connectivity index (χ4n) is 6.75. The molecule has 158 valence electrons. The average Bonchev–Trinajstić information content (AvgIpc) is 2.72. The number of amides is 1. The smallest absolute Gasteiger partial charge is 0.255 e. The van der Waals surface area contributed by atoms with E-state index in [1.54, 1.807) is 14.0 Å². The van der Waals surface area contributed by atoms with Crippen molar-refractivity contribution < 1.29 is 14.6 Å². The normalized spacial score (nSPS) is 30.2. The minimum atomic E-state index is -0.515. The van der Waals surface area contributed by atoms with Crippen molar-refractivity contribution in [2.75, 3.05) is 12.4 Å². The Kier molecular flexibility index (Phi) is 4.85. The standard InChI is InChI=1S/C26H31NO3/c1-16(28)20-3-6-22(7-4-20)27-25(29)21-5-8-24(30-2)23(12-21)26-13-17-9-18(14-26)11-19(10-17)15-26/h3-8,12,16-19,28H,9-11,13-15H2,1-2H3,(H,27,29). The van der Waals surface area contributed by atoms with E-state index in [4.69, 9.17) is 4.74 Å². The zero-order valence-corrected chi connectivity index (χ0v) is 17.9. The maximum Gasteiger partial charge on any atom is 0.255 e. The van der Waals surface area contributed by atoms with E-state index in [2.05, 4.69) is 11.4 Å². The molecule has 4 saturated carbocycles. The fourth-order valence-corrected chi connectivity index (χ4v) is 6.75. The van der Waals surface area contributed by atoms with Crippen LogP contribution in [-0.4, -0.2) is 18.1 Å². The molecule has 1 atom stereocenters. The van der Waals surface area contributed by atoms with Gasteiger partial charge in [0.05, 0.1) is 13.2 Å². The fraction of sp³-hybridized carbons (Fsp3) is 0.500. The first kappa shape index (κ1) is 19.6. The molecular weight excluding hydrogens is 374 g/mol. The summed E-state index contributed by atoms with van der Waals surface area (Å²) in [5, 5.41) is 12.7. The van der Waals surface area contributed by atoms with Gasteiger partial charge < -0.3 is 15.2 Å². The van der Waals surface area contributed by atoms with Gasteiger partial charge in [0, 0.05) is 16.8 Å². The zero-order valence-electron chi connectivity index (χ0n) is 17.9.